The fourth-order valence-electron chi connectivity index (χ4n) is 2.22. The van der Waals surface area contributed by atoms with Gasteiger partial charge in [-0.1, -0.05) is 0 Å². The lowest BCUT2D eigenvalue weighted by molar-refractivity contribution is -0.132. The maximum absolute atomic E-state index is 13.3. The van der Waals surface area contributed by atoms with E-state index in [2.05, 4.69) is 4.98 Å². The Labute approximate surface area is 123 Å². The van der Waals surface area contributed by atoms with Crippen LogP contribution in [0.5, 0.6) is 0 Å². The van der Waals surface area contributed by atoms with Gasteiger partial charge >= 0.3 is 0 Å². The topological polar surface area (TPSA) is 83.0 Å². The Balaban J connectivity index is 0.00000200. The van der Waals surface area contributed by atoms with Gasteiger partial charge in [0.2, 0.25) is 5.91 Å². The Kier molecular flexibility index (Phi) is 5.86. The minimum atomic E-state index is -1.14. The number of pyridine rings is 1. The predicted octanol–water partition coefficient (Wildman–Crippen LogP) is 0.836. The minimum Gasteiger partial charge on any atom is -0.322 e. The number of alkyl halides is 1. The summed E-state index contributed by atoms with van der Waals surface area (Å²) in [5, 5.41) is 8.91. The Morgan fingerprint density at radius 1 is 1.60 bits per heavy atom. The molecule has 2 unspecified atom stereocenters. The zero-order valence-corrected chi connectivity index (χ0v) is 11.6. The van der Waals surface area contributed by atoms with Crippen molar-refractivity contribution in [2.75, 3.05) is 6.54 Å². The van der Waals surface area contributed by atoms with E-state index in [9.17, 15) is 9.18 Å². The number of carbonyl (C=O) groups is 1. The normalized spacial score (nSPS) is 22.8. The number of hydrogen-bond donors (Lipinski definition) is 1. The number of aromatic nitrogens is 1. The van der Waals surface area contributed by atoms with Gasteiger partial charge < -0.3 is 10.6 Å². The van der Waals surface area contributed by atoms with E-state index >= 15 is 0 Å². The molecule has 1 aliphatic heterocycles. The molecule has 1 aromatic heterocycles. The number of nitrogens with two attached hydrogens (primary N) is 1. The van der Waals surface area contributed by atoms with Gasteiger partial charge in [-0.25, -0.2) is 4.39 Å². The summed E-state index contributed by atoms with van der Waals surface area (Å²) in [7, 11) is 0. The van der Waals surface area contributed by atoms with E-state index in [4.69, 9.17) is 11.0 Å². The predicted molar refractivity (Wildman–Crippen MR) is 73.8 cm³/mol. The highest BCUT2D eigenvalue weighted by Crippen LogP contribution is 2.21. The fraction of sp³-hybridized carbons (Fsp3) is 0.462. The van der Waals surface area contributed by atoms with Crippen molar-refractivity contribution in [3.05, 3.63) is 30.1 Å². The van der Waals surface area contributed by atoms with Crippen LogP contribution >= 0.6 is 12.4 Å². The van der Waals surface area contributed by atoms with Crippen molar-refractivity contribution >= 4 is 18.3 Å². The van der Waals surface area contributed by atoms with Crippen LogP contribution in [0.2, 0.25) is 0 Å². The molecule has 7 heteroatoms. The van der Waals surface area contributed by atoms with E-state index in [0.29, 0.717) is 6.42 Å². The summed E-state index contributed by atoms with van der Waals surface area (Å²) in [6, 6.07) is 4.03. The number of hydrogen-bond acceptors (Lipinski definition) is 4. The Bertz CT molecular complexity index is 493. The molecule has 2 N–H and O–H groups in total. The highest BCUT2D eigenvalue weighted by Gasteiger charge is 2.37. The van der Waals surface area contributed by atoms with Gasteiger partial charge in [-0.3, -0.25) is 9.78 Å². The third kappa shape index (κ3) is 3.65. The smallest absolute Gasteiger partial charge is 0.241 e. The van der Waals surface area contributed by atoms with Crippen molar-refractivity contribution in [3.63, 3.8) is 0 Å². The van der Waals surface area contributed by atoms with E-state index in [1.54, 1.807) is 24.5 Å². The van der Waals surface area contributed by atoms with Gasteiger partial charge in [0.25, 0.3) is 0 Å². The van der Waals surface area contributed by atoms with Crippen LogP contribution < -0.4 is 5.73 Å². The number of rotatable bonds is 3. The zero-order valence-electron chi connectivity index (χ0n) is 10.8. The molecule has 1 fully saturated rings. The lowest BCUT2D eigenvalue weighted by Gasteiger charge is -2.23. The lowest BCUT2D eigenvalue weighted by Crippen LogP contribution is -2.46. The number of nitriles is 1. The first-order chi connectivity index (χ1) is 9.11. The van der Waals surface area contributed by atoms with E-state index in [1.165, 1.54) is 4.90 Å². The second-order valence-electron chi connectivity index (χ2n) is 4.63. The van der Waals surface area contributed by atoms with Crippen molar-refractivity contribution < 1.29 is 9.18 Å². The molecule has 0 radical (unpaired) electrons. The molecule has 0 spiro atoms. The second kappa shape index (κ2) is 7.17. The largest absolute Gasteiger partial charge is 0.322 e. The molecule has 108 valence electrons. The first-order valence-corrected chi connectivity index (χ1v) is 6.10. The van der Waals surface area contributed by atoms with Crippen LogP contribution in [0.4, 0.5) is 4.39 Å². The van der Waals surface area contributed by atoms with Crippen molar-refractivity contribution in [2.45, 2.75) is 31.1 Å². The molecule has 1 aromatic rings. The number of likely N-dealkylation sites (tertiary alicyclic amines) is 1. The van der Waals surface area contributed by atoms with Crippen LogP contribution in [0.15, 0.2) is 24.5 Å². The molecule has 0 aromatic carbocycles. The van der Waals surface area contributed by atoms with E-state index in [-0.39, 0.29) is 31.3 Å². The molecule has 5 nitrogen and oxygen atoms in total. The monoisotopic (exact) mass is 298 g/mol. The van der Waals surface area contributed by atoms with Crippen LogP contribution in [0.3, 0.4) is 0 Å². The third-order valence-electron chi connectivity index (χ3n) is 3.20. The molecule has 20 heavy (non-hydrogen) atoms. The molecular formula is C13H16ClFN4O. The van der Waals surface area contributed by atoms with Crippen molar-refractivity contribution in [3.8, 4) is 6.07 Å². The fourth-order valence-corrected chi connectivity index (χ4v) is 2.22. The summed E-state index contributed by atoms with van der Waals surface area (Å²) in [6.07, 6.45) is 2.54. The molecule has 2 heterocycles. The van der Waals surface area contributed by atoms with Crippen LogP contribution in [0.25, 0.3) is 0 Å². The Hall–Kier alpha value is -1.71. The summed E-state index contributed by atoms with van der Waals surface area (Å²) in [4.78, 5) is 17.3. The first kappa shape index (κ1) is 16.3. The van der Waals surface area contributed by atoms with Gasteiger partial charge in [0, 0.05) is 18.8 Å². The molecule has 1 saturated heterocycles. The average Bonchev–Trinajstić information content (AvgIpc) is 2.80. The van der Waals surface area contributed by atoms with Crippen molar-refractivity contribution in [2.24, 2.45) is 5.73 Å². The Morgan fingerprint density at radius 3 is 2.85 bits per heavy atom. The molecule has 1 amide bonds. The van der Waals surface area contributed by atoms with E-state index < -0.39 is 18.3 Å². The molecule has 2 rings (SSSR count). The number of nitrogens with zero attached hydrogens (tertiary/aromatic N) is 3. The molecule has 0 saturated carbocycles. The van der Waals surface area contributed by atoms with Gasteiger partial charge in [0.15, 0.2) is 0 Å². The highest BCUT2D eigenvalue weighted by atomic mass is 35.5. The van der Waals surface area contributed by atoms with Crippen LogP contribution in [0, 0.1) is 11.3 Å². The van der Waals surface area contributed by atoms with Gasteiger partial charge in [-0.15, -0.1) is 12.4 Å². The van der Waals surface area contributed by atoms with Crippen LogP contribution in [-0.2, 0) is 11.2 Å². The van der Waals surface area contributed by atoms with Gasteiger partial charge in [0.05, 0.1) is 18.7 Å². The lowest BCUT2D eigenvalue weighted by atomic mass is 10.1. The summed E-state index contributed by atoms with van der Waals surface area (Å²) in [5.74, 6) is -0.372. The number of carbonyl (C=O) groups excluding carboxylic acids is 1. The van der Waals surface area contributed by atoms with Gasteiger partial charge in [-0.05, 0) is 24.1 Å². The van der Waals surface area contributed by atoms with Crippen molar-refractivity contribution in [1.82, 2.24) is 9.88 Å². The highest BCUT2D eigenvalue weighted by molar-refractivity contribution is 5.85. The minimum absolute atomic E-state index is 0. The van der Waals surface area contributed by atoms with Gasteiger partial charge in [-0.2, -0.15) is 5.26 Å². The van der Waals surface area contributed by atoms with Crippen molar-refractivity contribution in [1.29, 1.82) is 5.26 Å². The van der Waals surface area contributed by atoms with E-state index in [0.717, 1.165) is 5.56 Å². The summed E-state index contributed by atoms with van der Waals surface area (Å²) < 4.78 is 13.3. The first-order valence-electron chi connectivity index (χ1n) is 6.10. The Morgan fingerprint density at radius 2 is 2.25 bits per heavy atom. The number of halogens is 2. The quantitative estimate of drug-likeness (QED) is 0.896. The third-order valence-corrected chi connectivity index (χ3v) is 3.20. The summed E-state index contributed by atoms with van der Waals surface area (Å²) in [6.45, 7) is -0.0406. The molecule has 0 bridgehead atoms. The standard InChI is InChI=1S/C13H15FN4O.ClH/c14-10-6-11(7-15)18(8-10)13(19)12(16)5-9-1-3-17-4-2-9;/h1-4,10-12H,5-6,8,16H2;1H/t10?,11?,12-;/m0./s1. The van der Waals surface area contributed by atoms with Crippen LogP contribution in [-0.4, -0.2) is 40.6 Å². The molecule has 1 aliphatic rings. The molecule has 0 aliphatic carbocycles. The number of amides is 1. The average molecular weight is 299 g/mol. The SMILES string of the molecule is Cl.N#CC1CC(F)CN1C(=O)[C@@H](N)Cc1ccncc1. The summed E-state index contributed by atoms with van der Waals surface area (Å²) >= 11 is 0. The summed E-state index contributed by atoms with van der Waals surface area (Å²) in [5.41, 5.74) is 6.74. The zero-order chi connectivity index (χ0) is 13.8. The molecular weight excluding hydrogens is 283 g/mol. The maximum atomic E-state index is 13.3. The second-order valence-corrected chi connectivity index (χ2v) is 4.63. The maximum Gasteiger partial charge on any atom is 0.241 e. The van der Waals surface area contributed by atoms with Gasteiger partial charge in [0.1, 0.15) is 12.2 Å². The molecule has 3 atom stereocenters. The van der Waals surface area contributed by atoms with E-state index in [1.807, 2.05) is 6.07 Å². The van der Waals surface area contributed by atoms with Crippen LogP contribution in [0.1, 0.15) is 12.0 Å².